The molecule has 0 aliphatic carbocycles. The van der Waals surface area contributed by atoms with Crippen molar-refractivity contribution in [3.63, 3.8) is 0 Å². The van der Waals surface area contributed by atoms with Gasteiger partial charge in [-0.15, -0.1) is 0 Å². The quantitative estimate of drug-likeness (QED) is 0.797. The molecule has 1 aromatic rings. The Bertz CT molecular complexity index is 431. The van der Waals surface area contributed by atoms with Crippen LogP contribution in [0.1, 0.15) is 44.6 Å². The number of carbonyl (C=O) groups is 1. The smallest absolute Gasteiger partial charge is 0.303 e. The van der Waals surface area contributed by atoms with E-state index in [1.165, 1.54) is 24.1 Å². The maximum absolute atomic E-state index is 10.5. The first-order valence-electron chi connectivity index (χ1n) is 7.25. The van der Waals surface area contributed by atoms with Gasteiger partial charge in [-0.2, -0.15) is 0 Å². The summed E-state index contributed by atoms with van der Waals surface area (Å²) in [4.78, 5) is 13.0. The lowest BCUT2D eigenvalue weighted by Gasteiger charge is -2.37. The van der Waals surface area contributed by atoms with E-state index in [0.29, 0.717) is 12.5 Å². The van der Waals surface area contributed by atoms with Crippen LogP contribution in [0.4, 0.5) is 5.69 Å². The molecule has 0 saturated heterocycles. The van der Waals surface area contributed by atoms with Gasteiger partial charge in [-0.25, -0.2) is 0 Å². The Balaban J connectivity index is 1.87. The summed E-state index contributed by atoms with van der Waals surface area (Å²) in [5, 5.41) is 8.62. The van der Waals surface area contributed by atoms with Crippen LogP contribution in [0.3, 0.4) is 0 Å². The largest absolute Gasteiger partial charge is 0.481 e. The van der Waals surface area contributed by atoms with Crippen LogP contribution >= 0.6 is 0 Å². The van der Waals surface area contributed by atoms with Gasteiger partial charge in [0.15, 0.2) is 0 Å². The highest BCUT2D eigenvalue weighted by Crippen LogP contribution is 2.30. The molecule has 19 heavy (non-hydrogen) atoms. The molecule has 104 valence electrons. The molecule has 0 amide bonds. The van der Waals surface area contributed by atoms with Gasteiger partial charge in [0.05, 0.1) is 0 Å². The maximum atomic E-state index is 10.5. The van der Waals surface area contributed by atoms with Crippen LogP contribution in [0.2, 0.25) is 0 Å². The minimum atomic E-state index is -0.684. The molecule has 0 spiro atoms. The van der Waals surface area contributed by atoms with Crippen molar-refractivity contribution in [1.29, 1.82) is 0 Å². The number of fused-ring (bicyclic) bond motifs is 1. The second-order valence-electron chi connectivity index (χ2n) is 5.41. The fraction of sp³-hybridized carbons (Fsp3) is 0.562. The summed E-state index contributed by atoms with van der Waals surface area (Å²) in [5.74, 6) is -0.684. The Morgan fingerprint density at radius 1 is 1.32 bits per heavy atom. The third-order valence-electron chi connectivity index (χ3n) is 3.95. The molecule has 1 aromatic carbocycles. The van der Waals surface area contributed by atoms with E-state index in [1.54, 1.807) is 0 Å². The predicted octanol–water partition coefficient (Wildman–Crippen LogP) is 3.47. The Kier molecular flexibility index (Phi) is 4.83. The van der Waals surface area contributed by atoms with Gasteiger partial charge in [0, 0.05) is 24.7 Å². The number of rotatable bonds is 6. The summed E-state index contributed by atoms with van der Waals surface area (Å²) >= 11 is 0. The van der Waals surface area contributed by atoms with Gasteiger partial charge in [-0.3, -0.25) is 4.79 Å². The zero-order chi connectivity index (χ0) is 13.7. The third-order valence-corrected chi connectivity index (χ3v) is 3.95. The number of hydrogen-bond acceptors (Lipinski definition) is 2. The molecule has 3 heteroatoms. The number of aliphatic carboxylic acids is 1. The first kappa shape index (κ1) is 13.9. The van der Waals surface area contributed by atoms with E-state index in [1.807, 2.05) is 0 Å². The molecule has 0 fully saturated rings. The summed E-state index contributed by atoms with van der Waals surface area (Å²) in [6.45, 7) is 3.32. The molecule has 1 aliphatic rings. The number of para-hydroxylation sites is 1. The molecular weight excluding hydrogens is 238 g/mol. The molecule has 1 atom stereocenters. The van der Waals surface area contributed by atoms with Crippen molar-refractivity contribution < 1.29 is 9.90 Å². The van der Waals surface area contributed by atoms with Crippen LogP contribution in [0, 0.1) is 0 Å². The van der Waals surface area contributed by atoms with Crippen molar-refractivity contribution in [3.8, 4) is 0 Å². The number of aryl methyl sites for hydroxylation is 1. The first-order valence-corrected chi connectivity index (χ1v) is 7.25. The molecule has 0 saturated carbocycles. The summed E-state index contributed by atoms with van der Waals surface area (Å²) < 4.78 is 0. The number of carboxylic acid groups (broad SMARTS) is 1. The minimum absolute atomic E-state index is 0.298. The number of hydrogen-bond donors (Lipinski definition) is 1. The van der Waals surface area contributed by atoms with E-state index in [4.69, 9.17) is 5.11 Å². The lowest BCUT2D eigenvalue weighted by Crippen LogP contribution is -2.37. The highest BCUT2D eigenvalue weighted by Gasteiger charge is 2.21. The van der Waals surface area contributed by atoms with Crippen molar-refractivity contribution in [1.82, 2.24) is 0 Å². The average Bonchev–Trinajstić information content (AvgIpc) is 2.40. The van der Waals surface area contributed by atoms with Gasteiger partial charge in [0.1, 0.15) is 0 Å². The van der Waals surface area contributed by atoms with Gasteiger partial charge >= 0.3 is 5.97 Å². The van der Waals surface area contributed by atoms with Crippen LogP contribution in [0.25, 0.3) is 0 Å². The standard InChI is InChI=1S/C16H23NO2/c1-13-10-11-14-7-4-5-8-15(14)17(13)12-6-2-3-9-16(18)19/h4-5,7-8,13H,2-3,6,9-12H2,1H3,(H,18,19). The number of unbranched alkanes of at least 4 members (excludes halogenated alkanes) is 2. The molecule has 1 aliphatic heterocycles. The number of nitrogens with zero attached hydrogens (tertiary/aromatic N) is 1. The van der Waals surface area contributed by atoms with Gasteiger partial charge in [-0.1, -0.05) is 24.6 Å². The number of anilines is 1. The fourth-order valence-corrected chi connectivity index (χ4v) is 2.84. The van der Waals surface area contributed by atoms with Crippen LogP contribution < -0.4 is 4.90 Å². The second kappa shape index (κ2) is 6.60. The molecular formula is C16H23NO2. The molecule has 2 rings (SSSR count). The summed E-state index contributed by atoms with van der Waals surface area (Å²) in [7, 11) is 0. The summed E-state index contributed by atoms with van der Waals surface area (Å²) in [6, 6.07) is 9.24. The molecule has 1 N–H and O–H groups in total. The van der Waals surface area contributed by atoms with Gasteiger partial charge in [-0.05, 0) is 44.2 Å². The van der Waals surface area contributed by atoms with E-state index < -0.39 is 5.97 Å². The van der Waals surface area contributed by atoms with Gasteiger partial charge < -0.3 is 10.0 Å². The zero-order valence-corrected chi connectivity index (χ0v) is 11.6. The van der Waals surface area contributed by atoms with Crippen molar-refractivity contribution in [2.45, 2.75) is 51.5 Å². The molecule has 1 unspecified atom stereocenters. The van der Waals surface area contributed by atoms with Crippen LogP contribution in [-0.2, 0) is 11.2 Å². The Morgan fingerprint density at radius 2 is 2.11 bits per heavy atom. The van der Waals surface area contributed by atoms with Crippen LogP contribution in [-0.4, -0.2) is 23.7 Å². The van der Waals surface area contributed by atoms with Crippen LogP contribution in [0.15, 0.2) is 24.3 Å². The topological polar surface area (TPSA) is 40.5 Å². The van der Waals surface area contributed by atoms with E-state index in [9.17, 15) is 4.79 Å². The molecule has 3 nitrogen and oxygen atoms in total. The lowest BCUT2D eigenvalue weighted by molar-refractivity contribution is -0.137. The lowest BCUT2D eigenvalue weighted by atomic mass is 9.96. The van der Waals surface area contributed by atoms with Crippen molar-refractivity contribution in [2.75, 3.05) is 11.4 Å². The number of carboxylic acids is 1. The normalized spacial score (nSPS) is 18.2. The maximum Gasteiger partial charge on any atom is 0.303 e. The Labute approximate surface area is 115 Å². The highest BCUT2D eigenvalue weighted by atomic mass is 16.4. The van der Waals surface area contributed by atoms with Gasteiger partial charge in [0.2, 0.25) is 0 Å². The van der Waals surface area contributed by atoms with E-state index in [0.717, 1.165) is 25.8 Å². The van der Waals surface area contributed by atoms with Crippen LogP contribution in [0.5, 0.6) is 0 Å². The van der Waals surface area contributed by atoms with E-state index >= 15 is 0 Å². The predicted molar refractivity (Wildman–Crippen MR) is 77.7 cm³/mol. The van der Waals surface area contributed by atoms with E-state index in [-0.39, 0.29) is 0 Å². The highest BCUT2D eigenvalue weighted by molar-refractivity contribution is 5.66. The third kappa shape index (κ3) is 3.72. The summed E-state index contributed by atoms with van der Waals surface area (Å²) in [5.41, 5.74) is 2.82. The molecule has 1 heterocycles. The molecule has 0 bridgehead atoms. The Morgan fingerprint density at radius 3 is 2.89 bits per heavy atom. The fourth-order valence-electron chi connectivity index (χ4n) is 2.84. The van der Waals surface area contributed by atoms with Crippen molar-refractivity contribution >= 4 is 11.7 Å². The average molecular weight is 261 g/mol. The first-order chi connectivity index (χ1) is 9.18. The zero-order valence-electron chi connectivity index (χ0n) is 11.6. The SMILES string of the molecule is CC1CCc2ccccc2N1CCCCCC(=O)O. The monoisotopic (exact) mass is 261 g/mol. The minimum Gasteiger partial charge on any atom is -0.481 e. The van der Waals surface area contributed by atoms with Crippen molar-refractivity contribution in [3.05, 3.63) is 29.8 Å². The molecule has 0 aromatic heterocycles. The number of benzene rings is 1. The summed E-state index contributed by atoms with van der Waals surface area (Å²) in [6.07, 6.45) is 5.55. The van der Waals surface area contributed by atoms with Crippen molar-refractivity contribution in [2.24, 2.45) is 0 Å². The van der Waals surface area contributed by atoms with E-state index in [2.05, 4.69) is 36.1 Å². The Hall–Kier alpha value is -1.51. The second-order valence-corrected chi connectivity index (χ2v) is 5.41. The molecule has 0 radical (unpaired) electrons. The van der Waals surface area contributed by atoms with Gasteiger partial charge in [0.25, 0.3) is 0 Å².